The van der Waals surface area contributed by atoms with Crippen LogP contribution in [0.25, 0.3) is 0 Å². The molecule has 0 aliphatic carbocycles. The van der Waals surface area contributed by atoms with E-state index in [1.54, 1.807) is 7.05 Å². The minimum Gasteiger partial charge on any atom is -0.324 e. The van der Waals surface area contributed by atoms with E-state index in [-0.39, 0.29) is 16.2 Å². The van der Waals surface area contributed by atoms with Gasteiger partial charge in [-0.3, -0.25) is 0 Å². The number of hydrogen-bond donors (Lipinski definition) is 0. The van der Waals surface area contributed by atoms with Crippen molar-refractivity contribution in [3.05, 3.63) is 11.5 Å². The van der Waals surface area contributed by atoms with Gasteiger partial charge in [0.1, 0.15) is 5.15 Å². The minimum absolute atomic E-state index is 0.0453. The van der Waals surface area contributed by atoms with Crippen molar-refractivity contribution in [2.24, 2.45) is 7.05 Å². The number of sulfonamides is 1. The average Bonchev–Trinajstić information content (AvgIpc) is 2.70. The van der Waals surface area contributed by atoms with E-state index in [0.29, 0.717) is 13.1 Å². The molecular formula is C11H19ClN4O2S. The van der Waals surface area contributed by atoms with Gasteiger partial charge in [-0.1, -0.05) is 11.6 Å². The molecule has 0 amide bonds. The maximum atomic E-state index is 12.5. The molecule has 19 heavy (non-hydrogen) atoms. The summed E-state index contributed by atoms with van der Waals surface area (Å²) in [5.74, 6) is 0. The standard InChI is InChI=1S/C11H19ClN4O2S/c1-14(2)9-5-4-6-16(7-9)19(17,18)11-10(12)15(3)8-13-11/h8-9H,4-7H2,1-3H3. The maximum Gasteiger partial charge on any atom is 0.263 e. The number of nitrogens with zero attached hydrogens (tertiary/aromatic N) is 4. The fourth-order valence-electron chi connectivity index (χ4n) is 2.25. The Balaban J connectivity index is 2.27. The normalized spacial score (nSPS) is 22.1. The van der Waals surface area contributed by atoms with Crippen molar-refractivity contribution < 1.29 is 8.42 Å². The van der Waals surface area contributed by atoms with Crippen molar-refractivity contribution >= 4 is 21.6 Å². The van der Waals surface area contributed by atoms with Crippen molar-refractivity contribution in [2.75, 3.05) is 27.2 Å². The predicted molar refractivity (Wildman–Crippen MR) is 73.7 cm³/mol. The molecule has 1 fully saturated rings. The van der Waals surface area contributed by atoms with E-state index in [2.05, 4.69) is 9.88 Å². The summed E-state index contributed by atoms with van der Waals surface area (Å²) < 4.78 is 28.1. The number of likely N-dealkylation sites (N-methyl/N-ethyl adjacent to an activating group) is 1. The van der Waals surface area contributed by atoms with Crippen molar-refractivity contribution in [3.63, 3.8) is 0 Å². The lowest BCUT2D eigenvalue weighted by atomic mass is 10.1. The smallest absolute Gasteiger partial charge is 0.263 e. The Hall–Kier alpha value is -0.630. The van der Waals surface area contributed by atoms with Crippen LogP contribution in [0.4, 0.5) is 0 Å². The van der Waals surface area contributed by atoms with Crippen molar-refractivity contribution in [3.8, 4) is 0 Å². The lowest BCUT2D eigenvalue weighted by Crippen LogP contribution is -2.47. The number of imidazole rings is 1. The Kier molecular flexibility index (Phi) is 4.20. The van der Waals surface area contributed by atoms with Crippen LogP contribution in [0.2, 0.25) is 5.15 Å². The molecule has 0 spiro atoms. The van der Waals surface area contributed by atoms with Crippen molar-refractivity contribution in [2.45, 2.75) is 23.9 Å². The van der Waals surface area contributed by atoms with E-state index in [0.717, 1.165) is 12.8 Å². The van der Waals surface area contributed by atoms with Gasteiger partial charge in [0.2, 0.25) is 5.03 Å². The molecule has 1 saturated heterocycles. The SMILES string of the molecule is CN(C)C1CCCN(S(=O)(=O)c2ncn(C)c2Cl)C1. The second kappa shape index (κ2) is 5.40. The van der Waals surface area contributed by atoms with Gasteiger partial charge in [-0.05, 0) is 26.9 Å². The number of rotatable bonds is 3. The summed E-state index contributed by atoms with van der Waals surface area (Å²) in [4.78, 5) is 5.98. The molecule has 0 bridgehead atoms. The van der Waals surface area contributed by atoms with Gasteiger partial charge in [-0.2, -0.15) is 4.31 Å². The zero-order valence-electron chi connectivity index (χ0n) is 11.4. The highest BCUT2D eigenvalue weighted by molar-refractivity contribution is 7.89. The van der Waals surface area contributed by atoms with Crippen LogP contribution in [-0.4, -0.2) is 60.4 Å². The summed E-state index contributed by atoms with van der Waals surface area (Å²) in [6.07, 6.45) is 3.28. The highest BCUT2D eigenvalue weighted by Gasteiger charge is 2.34. The molecule has 0 N–H and O–H groups in total. The molecule has 1 aromatic rings. The van der Waals surface area contributed by atoms with Crippen LogP contribution in [0.15, 0.2) is 11.4 Å². The molecule has 2 heterocycles. The zero-order chi connectivity index (χ0) is 14.2. The lowest BCUT2D eigenvalue weighted by Gasteiger charge is -2.34. The number of hydrogen-bond acceptors (Lipinski definition) is 4. The van der Waals surface area contributed by atoms with Gasteiger partial charge in [0.25, 0.3) is 10.0 Å². The summed E-state index contributed by atoms with van der Waals surface area (Å²) in [7, 11) is 2.01. The van der Waals surface area contributed by atoms with Crippen LogP contribution >= 0.6 is 11.6 Å². The molecule has 1 atom stereocenters. The Morgan fingerprint density at radius 3 is 2.68 bits per heavy atom. The number of aryl methyl sites for hydroxylation is 1. The number of aromatic nitrogens is 2. The van der Waals surface area contributed by atoms with Crippen molar-refractivity contribution in [1.82, 2.24) is 18.8 Å². The molecule has 0 aromatic carbocycles. The van der Waals surface area contributed by atoms with Crippen molar-refractivity contribution in [1.29, 1.82) is 0 Å². The van der Waals surface area contributed by atoms with Gasteiger partial charge in [0, 0.05) is 26.2 Å². The topological polar surface area (TPSA) is 58.4 Å². The van der Waals surface area contributed by atoms with E-state index in [4.69, 9.17) is 11.6 Å². The first-order chi connectivity index (χ1) is 8.84. The summed E-state index contributed by atoms with van der Waals surface area (Å²) in [5.41, 5.74) is 0. The fourth-order valence-corrected chi connectivity index (χ4v) is 4.15. The zero-order valence-corrected chi connectivity index (χ0v) is 12.9. The average molecular weight is 307 g/mol. The molecule has 0 radical (unpaired) electrons. The first-order valence-corrected chi connectivity index (χ1v) is 7.99. The van der Waals surface area contributed by atoms with E-state index >= 15 is 0 Å². The van der Waals surface area contributed by atoms with Gasteiger partial charge in [0.05, 0.1) is 6.33 Å². The Labute approximate surface area is 119 Å². The van der Waals surface area contributed by atoms with Gasteiger partial charge in [-0.25, -0.2) is 13.4 Å². The molecule has 2 rings (SSSR count). The molecule has 1 aliphatic rings. The summed E-state index contributed by atoms with van der Waals surface area (Å²) in [6, 6.07) is 0.242. The van der Waals surface area contributed by atoms with Crippen LogP contribution in [-0.2, 0) is 17.1 Å². The lowest BCUT2D eigenvalue weighted by molar-refractivity contribution is 0.190. The summed E-state index contributed by atoms with van der Waals surface area (Å²) in [5, 5.41) is 0.114. The Morgan fingerprint density at radius 2 is 2.16 bits per heavy atom. The van der Waals surface area contributed by atoms with Gasteiger partial charge in [-0.15, -0.1) is 0 Å². The third kappa shape index (κ3) is 2.79. The second-order valence-corrected chi connectivity index (χ2v) is 7.29. The van der Waals surface area contributed by atoms with E-state index in [1.807, 2.05) is 14.1 Å². The molecule has 1 aliphatic heterocycles. The molecule has 6 nitrogen and oxygen atoms in total. The Morgan fingerprint density at radius 1 is 1.47 bits per heavy atom. The highest BCUT2D eigenvalue weighted by atomic mass is 35.5. The third-order valence-electron chi connectivity index (χ3n) is 3.51. The summed E-state index contributed by atoms with van der Waals surface area (Å²) in [6.45, 7) is 1.02. The fraction of sp³-hybridized carbons (Fsp3) is 0.727. The quantitative estimate of drug-likeness (QED) is 0.828. The van der Waals surface area contributed by atoms with Crippen LogP contribution in [0.5, 0.6) is 0 Å². The molecule has 108 valence electrons. The van der Waals surface area contributed by atoms with E-state index < -0.39 is 10.0 Å². The maximum absolute atomic E-state index is 12.5. The first kappa shape index (κ1) is 14.8. The first-order valence-electron chi connectivity index (χ1n) is 6.17. The van der Waals surface area contributed by atoms with Gasteiger partial charge in [0.15, 0.2) is 0 Å². The van der Waals surface area contributed by atoms with Crippen LogP contribution in [0.3, 0.4) is 0 Å². The van der Waals surface area contributed by atoms with E-state index in [9.17, 15) is 8.42 Å². The predicted octanol–water partition coefficient (Wildman–Crippen LogP) is 0.788. The Bertz CT molecular complexity index is 555. The number of piperidine rings is 1. The number of halogens is 1. The molecular weight excluding hydrogens is 288 g/mol. The largest absolute Gasteiger partial charge is 0.324 e. The van der Waals surface area contributed by atoms with Gasteiger partial charge >= 0.3 is 0 Å². The molecule has 1 aromatic heterocycles. The molecule has 1 unspecified atom stereocenters. The van der Waals surface area contributed by atoms with E-state index in [1.165, 1.54) is 15.2 Å². The summed E-state index contributed by atoms with van der Waals surface area (Å²) >= 11 is 6.00. The van der Waals surface area contributed by atoms with Crippen LogP contribution < -0.4 is 0 Å². The van der Waals surface area contributed by atoms with Crippen LogP contribution in [0.1, 0.15) is 12.8 Å². The minimum atomic E-state index is -3.60. The third-order valence-corrected chi connectivity index (χ3v) is 5.86. The highest BCUT2D eigenvalue weighted by Crippen LogP contribution is 2.25. The van der Waals surface area contributed by atoms with Crippen LogP contribution in [0, 0.1) is 0 Å². The van der Waals surface area contributed by atoms with Gasteiger partial charge < -0.3 is 9.47 Å². The second-order valence-electron chi connectivity index (χ2n) is 5.07. The monoisotopic (exact) mass is 306 g/mol. The molecule has 0 saturated carbocycles. The molecule has 8 heteroatoms.